The molecule has 88 valence electrons. The maximum Gasteiger partial charge on any atom is 0.123 e. The topological polar surface area (TPSA) is 12.0 Å². The van der Waals surface area contributed by atoms with Crippen LogP contribution in [0.25, 0.3) is 0 Å². The standard InChI is InChI=1S/C14H20FN/c1-3-8-16-14(11-4-5-11)13-7-6-12(15)9-10(13)2/h6-7,9,11,14,16H,3-5,8H2,1-2H3. The maximum absolute atomic E-state index is 13.1. The zero-order valence-electron chi connectivity index (χ0n) is 10.1. The fourth-order valence-electron chi connectivity index (χ4n) is 2.25. The zero-order valence-corrected chi connectivity index (χ0v) is 10.1. The van der Waals surface area contributed by atoms with Gasteiger partial charge in [0.05, 0.1) is 0 Å². The molecule has 0 saturated heterocycles. The molecule has 0 heterocycles. The third-order valence-electron chi connectivity index (χ3n) is 3.27. The second-order valence-corrected chi connectivity index (χ2v) is 4.77. The Morgan fingerprint density at radius 1 is 1.44 bits per heavy atom. The molecule has 0 bridgehead atoms. The van der Waals surface area contributed by atoms with Crippen LogP contribution in [-0.2, 0) is 0 Å². The van der Waals surface area contributed by atoms with Gasteiger partial charge in [-0.3, -0.25) is 0 Å². The van der Waals surface area contributed by atoms with Crippen molar-refractivity contribution in [3.63, 3.8) is 0 Å². The lowest BCUT2D eigenvalue weighted by Gasteiger charge is -2.20. The van der Waals surface area contributed by atoms with Gasteiger partial charge in [-0.2, -0.15) is 0 Å². The highest BCUT2D eigenvalue weighted by Gasteiger charge is 2.32. The van der Waals surface area contributed by atoms with E-state index in [1.165, 1.54) is 18.4 Å². The monoisotopic (exact) mass is 221 g/mol. The molecular weight excluding hydrogens is 201 g/mol. The van der Waals surface area contributed by atoms with Gasteiger partial charge in [0.15, 0.2) is 0 Å². The summed E-state index contributed by atoms with van der Waals surface area (Å²) in [7, 11) is 0. The molecule has 0 aliphatic heterocycles. The van der Waals surface area contributed by atoms with Crippen LogP contribution in [0.1, 0.15) is 43.4 Å². The number of aryl methyl sites for hydroxylation is 1. The first-order valence-corrected chi connectivity index (χ1v) is 6.21. The SMILES string of the molecule is CCCNC(c1ccc(F)cc1C)C1CC1. The van der Waals surface area contributed by atoms with Crippen LogP contribution >= 0.6 is 0 Å². The lowest BCUT2D eigenvalue weighted by atomic mass is 9.97. The van der Waals surface area contributed by atoms with E-state index in [9.17, 15) is 4.39 Å². The van der Waals surface area contributed by atoms with Gasteiger partial charge < -0.3 is 5.32 Å². The Hall–Kier alpha value is -0.890. The summed E-state index contributed by atoms with van der Waals surface area (Å²) in [6.45, 7) is 5.22. The molecule has 2 heteroatoms. The molecule has 1 N–H and O–H groups in total. The molecule has 1 aliphatic rings. The predicted molar refractivity (Wildman–Crippen MR) is 64.9 cm³/mol. The molecule has 1 saturated carbocycles. The van der Waals surface area contributed by atoms with Crippen molar-refractivity contribution in [2.75, 3.05) is 6.54 Å². The highest BCUT2D eigenvalue weighted by molar-refractivity contribution is 5.30. The van der Waals surface area contributed by atoms with Crippen LogP contribution in [0.3, 0.4) is 0 Å². The van der Waals surface area contributed by atoms with Crippen LogP contribution in [0.4, 0.5) is 4.39 Å². The fraction of sp³-hybridized carbons (Fsp3) is 0.571. The summed E-state index contributed by atoms with van der Waals surface area (Å²) in [6.07, 6.45) is 3.75. The van der Waals surface area contributed by atoms with Gasteiger partial charge in [0.25, 0.3) is 0 Å². The van der Waals surface area contributed by atoms with Crippen LogP contribution in [0.15, 0.2) is 18.2 Å². The lowest BCUT2D eigenvalue weighted by molar-refractivity contribution is 0.478. The number of nitrogens with one attached hydrogen (secondary N) is 1. The van der Waals surface area contributed by atoms with Crippen molar-refractivity contribution in [3.05, 3.63) is 35.1 Å². The van der Waals surface area contributed by atoms with E-state index < -0.39 is 0 Å². The van der Waals surface area contributed by atoms with Gasteiger partial charge in [0.1, 0.15) is 5.82 Å². The molecule has 0 radical (unpaired) electrons. The van der Waals surface area contributed by atoms with Gasteiger partial charge in [-0.1, -0.05) is 13.0 Å². The molecule has 0 aromatic heterocycles. The van der Waals surface area contributed by atoms with Gasteiger partial charge in [-0.15, -0.1) is 0 Å². The van der Waals surface area contributed by atoms with E-state index in [0.717, 1.165) is 24.4 Å². The fourth-order valence-corrected chi connectivity index (χ4v) is 2.25. The molecule has 1 fully saturated rings. The quantitative estimate of drug-likeness (QED) is 0.801. The lowest BCUT2D eigenvalue weighted by Crippen LogP contribution is -2.24. The molecular formula is C14H20FN. The van der Waals surface area contributed by atoms with Crippen LogP contribution < -0.4 is 5.32 Å². The van der Waals surface area contributed by atoms with E-state index in [2.05, 4.69) is 12.2 Å². The van der Waals surface area contributed by atoms with E-state index in [1.54, 1.807) is 12.1 Å². The molecule has 1 aliphatic carbocycles. The number of rotatable bonds is 5. The average molecular weight is 221 g/mol. The Balaban J connectivity index is 2.17. The first-order valence-electron chi connectivity index (χ1n) is 6.21. The molecule has 0 amide bonds. The summed E-state index contributed by atoms with van der Waals surface area (Å²) in [5.74, 6) is 0.627. The van der Waals surface area contributed by atoms with Crippen LogP contribution in [0.5, 0.6) is 0 Å². The van der Waals surface area contributed by atoms with Gasteiger partial charge in [-0.05, 0) is 61.9 Å². The second-order valence-electron chi connectivity index (χ2n) is 4.77. The van der Waals surface area contributed by atoms with Gasteiger partial charge in [-0.25, -0.2) is 4.39 Å². The largest absolute Gasteiger partial charge is 0.310 e. The van der Waals surface area contributed by atoms with Crippen molar-refractivity contribution in [1.29, 1.82) is 0 Å². The second kappa shape index (κ2) is 4.96. The Labute approximate surface area is 97.1 Å². The summed E-state index contributed by atoms with van der Waals surface area (Å²) in [5, 5.41) is 3.59. The maximum atomic E-state index is 13.1. The van der Waals surface area contributed by atoms with Crippen LogP contribution in [0, 0.1) is 18.7 Å². The number of hydrogen-bond donors (Lipinski definition) is 1. The van der Waals surface area contributed by atoms with Gasteiger partial charge in [0.2, 0.25) is 0 Å². The summed E-state index contributed by atoms with van der Waals surface area (Å²) in [6, 6.07) is 5.58. The van der Waals surface area contributed by atoms with Crippen molar-refractivity contribution in [2.45, 2.75) is 39.2 Å². The van der Waals surface area contributed by atoms with Crippen molar-refractivity contribution in [3.8, 4) is 0 Å². The number of benzene rings is 1. The van der Waals surface area contributed by atoms with Crippen LogP contribution in [0.2, 0.25) is 0 Å². The molecule has 1 aromatic rings. The summed E-state index contributed by atoms with van der Waals surface area (Å²) in [4.78, 5) is 0. The highest BCUT2D eigenvalue weighted by atomic mass is 19.1. The van der Waals surface area contributed by atoms with E-state index in [-0.39, 0.29) is 5.82 Å². The van der Waals surface area contributed by atoms with Crippen molar-refractivity contribution >= 4 is 0 Å². The molecule has 2 rings (SSSR count). The molecule has 1 unspecified atom stereocenters. The third-order valence-corrected chi connectivity index (χ3v) is 3.27. The summed E-state index contributed by atoms with van der Waals surface area (Å²) in [5.41, 5.74) is 2.35. The normalized spacial score (nSPS) is 17.4. The molecule has 1 nitrogen and oxygen atoms in total. The first kappa shape index (κ1) is 11.6. The Bertz CT molecular complexity index is 358. The first-order chi connectivity index (χ1) is 7.72. The average Bonchev–Trinajstić information content (AvgIpc) is 3.05. The molecule has 0 spiro atoms. The van der Waals surface area contributed by atoms with E-state index in [4.69, 9.17) is 0 Å². The van der Waals surface area contributed by atoms with Gasteiger partial charge >= 0.3 is 0 Å². The summed E-state index contributed by atoms with van der Waals surface area (Å²) < 4.78 is 13.1. The smallest absolute Gasteiger partial charge is 0.123 e. The minimum Gasteiger partial charge on any atom is -0.310 e. The summed E-state index contributed by atoms with van der Waals surface area (Å²) >= 11 is 0. The minimum atomic E-state index is -0.133. The van der Waals surface area contributed by atoms with E-state index >= 15 is 0 Å². The number of halogens is 1. The Morgan fingerprint density at radius 3 is 2.75 bits per heavy atom. The van der Waals surface area contributed by atoms with Gasteiger partial charge in [0, 0.05) is 6.04 Å². The van der Waals surface area contributed by atoms with Crippen molar-refractivity contribution in [2.24, 2.45) is 5.92 Å². The van der Waals surface area contributed by atoms with E-state index in [0.29, 0.717) is 6.04 Å². The highest BCUT2D eigenvalue weighted by Crippen LogP contribution is 2.41. The zero-order chi connectivity index (χ0) is 11.5. The third kappa shape index (κ3) is 2.62. The molecule has 1 aromatic carbocycles. The van der Waals surface area contributed by atoms with Crippen molar-refractivity contribution < 1.29 is 4.39 Å². The Kier molecular flexibility index (Phi) is 3.59. The number of hydrogen-bond acceptors (Lipinski definition) is 1. The molecule has 16 heavy (non-hydrogen) atoms. The van der Waals surface area contributed by atoms with Crippen molar-refractivity contribution in [1.82, 2.24) is 5.32 Å². The minimum absolute atomic E-state index is 0.133. The Morgan fingerprint density at radius 2 is 2.19 bits per heavy atom. The predicted octanol–water partition coefficient (Wildman–Crippen LogP) is 3.58. The van der Waals surface area contributed by atoms with Crippen LogP contribution in [-0.4, -0.2) is 6.54 Å². The molecule has 1 atom stereocenters. The van der Waals surface area contributed by atoms with E-state index in [1.807, 2.05) is 13.0 Å².